The van der Waals surface area contributed by atoms with Crippen LogP contribution in [0.2, 0.25) is 0 Å². The number of hydrogen-bond donors (Lipinski definition) is 2. The number of nitrogen functional groups attached to an aromatic ring is 1. The molecule has 21 heavy (non-hydrogen) atoms. The first-order valence-electron chi connectivity index (χ1n) is 5.67. The third kappa shape index (κ3) is 7.81. The van der Waals surface area contributed by atoms with E-state index in [1.54, 1.807) is 18.2 Å². The van der Waals surface area contributed by atoms with Gasteiger partial charge in [-0.15, -0.1) is 0 Å². The summed E-state index contributed by atoms with van der Waals surface area (Å²) >= 11 is 0. The van der Waals surface area contributed by atoms with Crippen molar-refractivity contribution in [2.24, 2.45) is 5.73 Å². The molecule has 0 aliphatic carbocycles. The minimum atomic E-state index is -3.53. The molecule has 1 heterocycles. The fourth-order valence-corrected chi connectivity index (χ4v) is 1.65. The van der Waals surface area contributed by atoms with Gasteiger partial charge in [-0.3, -0.25) is 5.41 Å². The number of amidine groups is 1. The number of nitrogens with one attached hydrogen (secondary N) is 1. The Labute approximate surface area is 127 Å². The minimum Gasteiger partial charge on any atom is -0.384 e. The predicted molar refractivity (Wildman–Crippen MR) is 83.3 cm³/mol. The highest BCUT2D eigenvalue weighted by molar-refractivity contribution is 8.16. The number of benzene rings is 1. The van der Waals surface area contributed by atoms with Crippen molar-refractivity contribution in [1.82, 2.24) is 10.2 Å². The van der Waals surface area contributed by atoms with Gasteiger partial charge in [0.15, 0.2) is 0 Å². The Kier molecular flexibility index (Phi) is 6.51. The number of rotatable bonds is 3. The molecule has 2 aromatic rings. The van der Waals surface area contributed by atoms with Crippen LogP contribution in [0.5, 0.6) is 0 Å². The van der Waals surface area contributed by atoms with E-state index >= 15 is 0 Å². The van der Waals surface area contributed by atoms with E-state index < -0.39 is 9.05 Å². The Hall–Kier alpha value is -2.25. The van der Waals surface area contributed by atoms with Crippen LogP contribution in [0.15, 0.2) is 54.2 Å². The second-order valence-corrected chi connectivity index (χ2v) is 6.25. The maximum Gasteiger partial charge on any atom is 0.254 e. The van der Waals surface area contributed by atoms with Crippen molar-refractivity contribution in [3.63, 3.8) is 0 Å². The quantitative estimate of drug-likeness (QED) is 0.509. The van der Waals surface area contributed by atoms with E-state index in [0.29, 0.717) is 5.56 Å². The first kappa shape index (κ1) is 16.8. The summed E-state index contributed by atoms with van der Waals surface area (Å²) in [5, 5.41) is 15.0. The zero-order chi connectivity index (χ0) is 15.7. The number of hydrogen-bond acceptors (Lipinski definition) is 5. The minimum absolute atomic E-state index is 0.0184. The standard InChI is InChI=1S/C8H7ClO2S.C5H6N4/c9-12(10,11)7-6-8-4-2-1-3-5-8;6-5(7)4-1-2-8-9-3-4/h1-7H;1-3H,(H3,6,7)/b7-6+;. The smallest absolute Gasteiger partial charge is 0.254 e. The van der Waals surface area contributed by atoms with Crippen molar-refractivity contribution >= 4 is 31.6 Å². The fraction of sp³-hybridized carbons (Fsp3) is 0. The molecule has 0 unspecified atom stereocenters. The Morgan fingerprint density at radius 2 is 1.86 bits per heavy atom. The molecule has 0 fully saturated rings. The third-order valence-electron chi connectivity index (χ3n) is 2.12. The molecule has 1 aromatic heterocycles. The summed E-state index contributed by atoms with van der Waals surface area (Å²) < 4.78 is 21.0. The van der Waals surface area contributed by atoms with Gasteiger partial charge in [0.25, 0.3) is 9.05 Å². The molecule has 0 bridgehead atoms. The van der Waals surface area contributed by atoms with Crippen LogP contribution in [0, 0.1) is 5.41 Å². The van der Waals surface area contributed by atoms with Gasteiger partial charge in [0.1, 0.15) is 5.84 Å². The lowest BCUT2D eigenvalue weighted by Gasteiger charge is -1.91. The number of nitrogens with two attached hydrogens (primary N) is 1. The normalized spacial score (nSPS) is 10.7. The summed E-state index contributed by atoms with van der Waals surface area (Å²) in [7, 11) is 1.44. The molecule has 8 heteroatoms. The van der Waals surface area contributed by atoms with Crippen molar-refractivity contribution in [2.75, 3.05) is 0 Å². The largest absolute Gasteiger partial charge is 0.384 e. The van der Waals surface area contributed by atoms with Gasteiger partial charge >= 0.3 is 0 Å². The van der Waals surface area contributed by atoms with Gasteiger partial charge < -0.3 is 5.73 Å². The molecule has 0 aliphatic heterocycles. The van der Waals surface area contributed by atoms with E-state index in [9.17, 15) is 8.42 Å². The summed E-state index contributed by atoms with van der Waals surface area (Å²) in [5.41, 5.74) is 6.54. The molecule has 0 radical (unpaired) electrons. The van der Waals surface area contributed by atoms with Gasteiger partial charge in [0.2, 0.25) is 0 Å². The Morgan fingerprint density at radius 3 is 2.29 bits per heavy atom. The van der Waals surface area contributed by atoms with E-state index in [1.165, 1.54) is 18.5 Å². The molecule has 0 saturated heterocycles. The van der Waals surface area contributed by atoms with Crippen LogP contribution in [0.3, 0.4) is 0 Å². The summed E-state index contributed by atoms with van der Waals surface area (Å²) in [6, 6.07) is 10.7. The van der Waals surface area contributed by atoms with E-state index in [0.717, 1.165) is 11.0 Å². The molecular weight excluding hydrogens is 312 g/mol. The number of aromatic nitrogens is 2. The summed E-state index contributed by atoms with van der Waals surface area (Å²) in [4.78, 5) is 0. The highest BCUT2D eigenvalue weighted by Crippen LogP contribution is 2.05. The third-order valence-corrected chi connectivity index (χ3v) is 2.89. The molecule has 0 atom stereocenters. The maximum atomic E-state index is 10.5. The van der Waals surface area contributed by atoms with Gasteiger partial charge in [-0.25, -0.2) is 8.42 Å². The summed E-state index contributed by atoms with van der Waals surface area (Å²) in [6.07, 6.45) is 4.39. The van der Waals surface area contributed by atoms with Crippen LogP contribution in [0.1, 0.15) is 11.1 Å². The predicted octanol–water partition coefficient (Wildman–Crippen LogP) is 1.99. The van der Waals surface area contributed by atoms with Crippen LogP contribution in [0.25, 0.3) is 6.08 Å². The lowest BCUT2D eigenvalue weighted by atomic mass is 10.2. The SMILES string of the molecule is N=C(N)c1ccnnc1.O=S(=O)(Cl)/C=C/c1ccccc1. The average Bonchev–Trinajstić information content (AvgIpc) is 2.47. The second kappa shape index (κ2) is 8.13. The van der Waals surface area contributed by atoms with Crippen LogP contribution in [-0.2, 0) is 9.05 Å². The van der Waals surface area contributed by atoms with Crippen molar-refractivity contribution in [1.29, 1.82) is 5.41 Å². The lowest BCUT2D eigenvalue weighted by molar-refractivity contribution is 0.617. The van der Waals surface area contributed by atoms with Crippen molar-refractivity contribution in [3.05, 3.63) is 65.3 Å². The zero-order valence-electron chi connectivity index (χ0n) is 10.8. The van der Waals surface area contributed by atoms with E-state index in [-0.39, 0.29) is 5.84 Å². The molecule has 6 nitrogen and oxygen atoms in total. The van der Waals surface area contributed by atoms with Crippen LogP contribution >= 0.6 is 10.7 Å². The molecule has 0 aliphatic rings. The Balaban J connectivity index is 0.000000219. The van der Waals surface area contributed by atoms with Crippen LogP contribution < -0.4 is 5.73 Å². The van der Waals surface area contributed by atoms with Gasteiger partial charge in [-0.2, -0.15) is 10.2 Å². The van der Waals surface area contributed by atoms with Crippen LogP contribution in [0.4, 0.5) is 0 Å². The number of halogens is 1. The maximum absolute atomic E-state index is 10.5. The van der Waals surface area contributed by atoms with Gasteiger partial charge in [-0.1, -0.05) is 30.3 Å². The molecular formula is C13H13ClN4O2S. The van der Waals surface area contributed by atoms with E-state index in [1.807, 2.05) is 18.2 Å². The highest BCUT2D eigenvalue weighted by atomic mass is 35.7. The number of nitrogens with zero attached hydrogens (tertiary/aromatic N) is 2. The molecule has 110 valence electrons. The molecule has 0 amide bonds. The first-order valence-corrected chi connectivity index (χ1v) is 8.04. The molecule has 2 rings (SSSR count). The van der Waals surface area contributed by atoms with Crippen molar-refractivity contribution < 1.29 is 8.42 Å². The van der Waals surface area contributed by atoms with Gasteiger partial charge in [-0.05, 0) is 17.7 Å². The van der Waals surface area contributed by atoms with Crippen molar-refractivity contribution in [2.45, 2.75) is 0 Å². The first-order chi connectivity index (χ1) is 9.88. The van der Waals surface area contributed by atoms with E-state index in [4.69, 9.17) is 21.8 Å². The van der Waals surface area contributed by atoms with Crippen molar-refractivity contribution in [3.8, 4) is 0 Å². The topological polar surface area (TPSA) is 110 Å². The zero-order valence-corrected chi connectivity index (χ0v) is 12.4. The van der Waals surface area contributed by atoms with Crippen LogP contribution in [-0.4, -0.2) is 24.5 Å². The molecule has 3 N–H and O–H groups in total. The lowest BCUT2D eigenvalue weighted by Crippen LogP contribution is -2.11. The van der Waals surface area contributed by atoms with Gasteiger partial charge in [0, 0.05) is 21.7 Å². The highest BCUT2D eigenvalue weighted by Gasteiger charge is 1.95. The van der Waals surface area contributed by atoms with Gasteiger partial charge in [0.05, 0.1) is 12.4 Å². The Bertz CT molecular complexity index is 703. The molecule has 1 aromatic carbocycles. The summed E-state index contributed by atoms with van der Waals surface area (Å²) in [5.74, 6) is 0.0184. The van der Waals surface area contributed by atoms with E-state index in [2.05, 4.69) is 10.2 Å². The Morgan fingerprint density at radius 1 is 1.19 bits per heavy atom. The second-order valence-electron chi connectivity index (χ2n) is 3.73. The summed E-state index contributed by atoms with van der Waals surface area (Å²) in [6.45, 7) is 0. The monoisotopic (exact) mass is 324 g/mol. The molecule has 0 spiro atoms. The fourth-order valence-electron chi connectivity index (χ4n) is 1.17. The average molecular weight is 325 g/mol. The molecule has 0 saturated carbocycles.